The van der Waals surface area contributed by atoms with E-state index in [1.165, 1.54) is 11.3 Å². The Labute approximate surface area is 172 Å². The largest absolute Gasteiger partial charge is 0.299 e. The van der Waals surface area contributed by atoms with Gasteiger partial charge in [0.15, 0.2) is 0 Å². The van der Waals surface area contributed by atoms with Crippen molar-refractivity contribution in [2.45, 2.75) is 6.92 Å². The van der Waals surface area contributed by atoms with E-state index in [2.05, 4.69) is 15.5 Å². The molecule has 0 aliphatic carbocycles. The van der Waals surface area contributed by atoms with Gasteiger partial charge in [-0.05, 0) is 24.6 Å². The van der Waals surface area contributed by atoms with Crippen LogP contribution in [0.1, 0.15) is 5.56 Å². The van der Waals surface area contributed by atoms with E-state index in [4.69, 9.17) is 11.6 Å². The molecule has 0 spiro atoms. The lowest BCUT2D eigenvalue weighted by Gasteiger charge is -2.23. The van der Waals surface area contributed by atoms with Crippen molar-refractivity contribution in [3.8, 4) is 10.6 Å². The molecule has 0 radical (unpaired) electrons. The maximum Gasteiger partial charge on any atom is 0.246 e. The van der Waals surface area contributed by atoms with Gasteiger partial charge in [0.05, 0.1) is 11.9 Å². The Bertz CT molecular complexity index is 1100. The van der Waals surface area contributed by atoms with Gasteiger partial charge in [-0.25, -0.2) is 8.42 Å². The Hall–Kier alpha value is -2.49. The predicted octanol–water partition coefficient (Wildman–Crippen LogP) is 3.57. The van der Waals surface area contributed by atoms with Crippen molar-refractivity contribution >= 4 is 49.7 Å². The summed E-state index contributed by atoms with van der Waals surface area (Å²) in [7, 11) is -3.70. The van der Waals surface area contributed by atoms with Gasteiger partial charge in [0.1, 0.15) is 11.6 Å². The summed E-state index contributed by atoms with van der Waals surface area (Å²) in [5.74, 6) is -0.527. The lowest BCUT2D eigenvalue weighted by molar-refractivity contribution is -0.114. The first-order valence-electron chi connectivity index (χ1n) is 8.17. The van der Waals surface area contributed by atoms with Crippen LogP contribution in [0.3, 0.4) is 0 Å². The van der Waals surface area contributed by atoms with E-state index in [0.717, 1.165) is 16.1 Å². The third kappa shape index (κ3) is 4.67. The van der Waals surface area contributed by atoms with E-state index in [0.29, 0.717) is 26.4 Å². The summed E-state index contributed by atoms with van der Waals surface area (Å²) in [6.07, 6.45) is 1.04. The molecule has 10 heteroatoms. The molecule has 1 amide bonds. The van der Waals surface area contributed by atoms with Crippen LogP contribution in [0.4, 0.5) is 10.8 Å². The molecule has 0 atom stereocenters. The molecule has 0 aliphatic rings. The molecule has 1 heterocycles. The number of hydrogen-bond acceptors (Lipinski definition) is 6. The van der Waals surface area contributed by atoms with Gasteiger partial charge in [0, 0.05) is 10.6 Å². The molecule has 0 fully saturated rings. The first-order chi connectivity index (χ1) is 13.3. The molecule has 0 saturated carbocycles. The standard InChI is InChI=1S/C18H17ClN4O3S2/c1-12-14(19)9-6-10-15(12)23(28(2,25)26)11-16(24)20-18-22-21-17(27-18)13-7-4-3-5-8-13/h3-10H,11H2,1-2H3,(H,20,22,24). The minimum atomic E-state index is -3.70. The first kappa shape index (κ1) is 20.2. The van der Waals surface area contributed by atoms with Crippen LogP contribution in [0.5, 0.6) is 0 Å². The van der Waals surface area contributed by atoms with Crippen LogP contribution in [0, 0.1) is 6.92 Å². The SMILES string of the molecule is Cc1c(Cl)cccc1N(CC(=O)Nc1nnc(-c2ccccc2)s1)S(C)(=O)=O. The number of carbonyl (C=O) groups excluding carboxylic acids is 1. The van der Waals surface area contributed by atoms with Gasteiger partial charge in [-0.1, -0.05) is 59.3 Å². The number of halogens is 1. The molecule has 3 aromatic rings. The number of anilines is 2. The van der Waals surface area contributed by atoms with E-state index >= 15 is 0 Å². The van der Waals surface area contributed by atoms with Crippen LogP contribution in [-0.2, 0) is 14.8 Å². The molecular formula is C18H17ClN4O3S2. The first-order valence-corrected chi connectivity index (χ1v) is 11.2. The number of aromatic nitrogens is 2. The molecule has 0 aliphatic heterocycles. The number of sulfonamides is 1. The minimum absolute atomic E-state index is 0.292. The second-order valence-electron chi connectivity index (χ2n) is 5.98. The summed E-state index contributed by atoms with van der Waals surface area (Å²) < 4.78 is 25.5. The predicted molar refractivity (Wildman–Crippen MR) is 112 cm³/mol. The molecule has 1 aromatic heterocycles. The Balaban J connectivity index is 1.78. The summed E-state index contributed by atoms with van der Waals surface area (Å²) >= 11 is 7.30. The van der Waals surface area contributed by atoms with E-state index < -0.39 is 22.5 Å². The third-order valence-electron chi connectivity index (χ3n) is 3.89. The Morgan fingerprint density at radius 3 is 2.54 bits per heavy atom. The Kier molecular flexibility index (Phi) is 5.97. The van der Waals surface area contributed by atoms with Crippen LogP contribution in [-0.4, -0.2) is 37.3 Å². The fraction of sp³-hybridized carbons (Fsp3) is 0.167. The highest BCUT2D eigenvalue weighted by atomic mass is 35.5. The van der Waals surface area contributed by atoms with Crippen LogP contribution in [0.25, 0.3) is 10.6 Å². The van der Waals surface area contributed by atoms with E-state index in [9.17, 15) is 13.2 Å². The van der Waals surface area contributed by atoms with E-state index in [1.54, 1.807) is 25.1 Å². The summed E-state index contributed by atoms with van der Waals surface area (Å²) in [4.78, 5) is 12.5. The lowest BCUT2D eigenvalue weighted by Crippen LogP contribution is -2.37. The van der Waals surface area contributed by atoms with Gasteiger partial charge in [-0.2, -0.15) is 0 Å². The fourth-order valence-electron chi connectivity index (χ4n) is 2.51. The van der Waals surface area contributed by atoms with Crippen molar-refractivity contribution in [1.82, 2.24) is 10.2 Å². The zero-order valence-corrected chi connectivity index (χ0v) is 17.5. The van der Waals surface area contributed by atoms with Crippen LogP contribution < -0.4 is 9.62 Å². The number of hydrogen-bond donors (Lipinski definition) is 1. The molecule has 2 aromatic carbocycles. The number of amides is 1. The van der Waals surface area contributed by atoms with Crippen molar-refractivity contribution in [1.29, 1.82) is 0 Å². The zero-order chi connectivity index (χ0) is 20.3. The molecule has 3 rings (SSSR count). The van der Waals surface area contributed by atoms with Gasteiger partial charge in [-0.15, -0.1) is 10.2 Å². The second kappa shape index (κ2) is 8.26. The smallest absolute Gasteiger partial charge is 0.246 e. The van der Waals surface area contributed by atoms with Gasteiger partial charge >= 0.3 is 0 Å². The van der Waals surface area contributed by atoms with Gasteiger partial charge in [0.2, 0.25) is 21.1 Å². The third-order valence-corrected chi connectivity index (χ3v) is 6.31. The normalized spacial score (nSPS) is 11.2. The lowest BCUT2D eigenvalue weighted by atomic mass is 10.2. The van der Waals surface area contributed by atoms with E-state index in [-0.39, 0.29) is 0 Å². The van der Waals surface area contributed by atoms with E-state index in [1.807, 2.05) is 30.3 Å². The molecule has 0 bridgehead atoms. The molecule has 1 N–H and O–H groups in total. The molecular weight excluding hydrogens is 420 g/mol. The zero-order valence-electron chi connectivity index (χ0n) is 15.1. The van der Waals surface area contributed by atoms with Crippen molar-refractivity contribution in [3.63, 3.8) is 0 Å². The maximum absolute atomic E-state index is 12.5. The number of rotatable bonds is 6. The monoisotopic (exact) mass is 436 g/mol. The second-order valence-corrected chi connectivity index (χ2v) is 9.27. The highest BCUT2D eigenvalue weighted by Gasteiger charge is 2.23. The number of nitrogens with zero attached hydrogens (tertiary/aromatic N) is 3. The van der Waals surface area contributed by atoms with Crippen LogP contribution >= 0.6 is 22.9 Å². The van der Waals surface area contributed by atoms with Crippen LogP contribution in [0.15, 0.2) is 48.5 Å². The molecule has 0 saturated heterocycles. The van der Waals surface area contributed by atoms with Gasteiger partial charge in [0.25, 0.3) is 0 Å². The minimum Gasteiger partial charge on any atom is -0.299 e. The molecule has 146 valence electrons. The number of nitrogens with one attached hydrogen (secondary N) is 1. The summed E-state index contributed by atoms with van der Waals surface area (Å²) in [5.41, 5.74) is 1.81. The number of benzene rings is 2. The Morgan fingerprint density at radius 2 is 1.86 bits per heavy atom. The summed E-state index contributed by atoms with van der Waals surface area (Å²) in [6, 6.07) is 14.3. The Morgan fingerprint density at radius 1 is 1.14 bits per heavy atom. The van der Waals surface area contributed by atoms with Crippen molar-refractivity contribution in [3.05, 3.63) is 59.1 Å². The quantitative estimate of drug-likeness (QED) is 0.637. The highest BCUT2D eigenvalue weighted by molar-refractivity contribution is 7.92. The number of carbonyl (C=O) groups is 1. The summed E-state index contributed by atoms with van der Waals surface area (Å²) in [6.45, 7) is 1.30. The fourth-order valence-corrected chi connectivity index (χ4v) is 4.35. The van der Waals surface area contributed by atoms with Crippen molar-refractivity contribution in [2.24, 2.45) is 0 Å². The maximum atomic E-state index is 12.5. The van der Waals surface area contributed by atoms with Crippen LogP contribution in [0.2, 0.25) is 5.02 Å². The summed E-state index contributed by atoms with van der Waals surface area (Å²) in [5, 5.41) is 12.0. The molecule has 7 nitrogen and oxygen atoms in total. The van der Waals surface area contributed by atoms with Gasteiger partial charge in [-0.3, -0.25) is 14.4 Å². The molecule has 0 unspecified atom stereocenters. The average molecular weight is 437 g/mol. The topological polar surface area (TPSA) is 92.3 Å². The molecule has 28 heavy (non-hydrogen) atoms. The van der Waals surface area contributed by atoms with Crippen molar-refractivity contribution < 1.29 is 13.2 Å². The highest BCUT2D eigenvalue weighted by Crippen LogP contribution is 2.29. The average Bonchev–Trinajstić information content (AvgIpc) is 3.11. The van der Waals surface area contributed by atoms with Crippen molar-refractivity contribution in [2.75, 3.05) is 22.4 Å². The van der Waals surface area contributed by atoms with Gasteiger partial charge < -0.3 is 0 Å².